The van der Waals surface area contributed by atoms with E-state index in [1.54, 1.807) is 12.1 Å². The molecule has 0 aromatic heterocycles. The predicted octanol–water partition coefficient (Wildman–Crippen LogP) is 2.35. The van der Waals surface area contributed by atoms with Crippen LogP contribution in [0.2, 0.25) is 5.02 Å². The minimum absolute atomic E-state index is 0.0532. The summed E-state index contributed by atoms with van der Waals surface area (Å²) < 4.78 is 12.7. The zero-order chi connectivity index (χ0) is 8.97. The van der Waals surface area contributed by atoms with Crippen molar-refractivity contribution in [1.82, 2.24) is 0 Å². The number of rotatable bonds is 0. The molecule has 0 saturated carbocycles. The van der Waals surface area contributed by atoms with Crippen molar-refractivity contribution < 1.29 is 4.39 Å². The zero-order valence-corrected chi connectivity index (χ0v) is 6.69. The van der Waals surface area contributed by atoms with E-state index in [4.69, 9.17) is 16.9 Å². The first-order valence-electron chi connectivity index (χ1n) is 3.09. The summed E-state index contributed by atoms with van der Waals surface area (Å²) in [5.41, 5.74) is 0.443. The first-order valence-corrected chi connectivity index (χ1v) is 3.47. The fourth-order valence-corrected chi connectivity index (χ4v) is 0.792. The molecule has 0 aliphatic rings. The minimum atomic E-state index is -0.526. The maximum Gasteiger partial charge on any atom is 0.152 e. The third-order valence-electron chi connectivity index (χ3n) is 1.18. The van der Waals surface area contributed by atoms with Gasteiger partial charge in [-0.15, -0.1) is 0 Å². The molecule has 0 saturated heterocycles. The molecule has 1 nitrogen and oxygen atoms in total. The average Bonchev–Trinajstić information content (AvgIpc) is 2.07. The summed E-state index contributed by atoms with van der Waals surface area (Å²) in [6, 6.07) is 5.77. The number of nitrogens with zero attached hydrogens (tertiary/aromatic N) is 1. The standard InChI is InChI=1S/C9H3ClFN/c10-8-4-3-7(2-1-5-12)6-9(8)11/h3-4,6H. The highest BCUT2D eigenvalue weighted by Crippen LogP contribution is 2.14. The maximum absolute atomic E-state index is 12.7. The van der Waals surface area contributed by atoms with Gasteiger partial charge in [0.2, 0.25) is 0 Å². The fourth-order valence-electron chi connectivity index (χ4n) is 0.674. The van der Waals surface area contributed by atoms with Crippen LogP contribution in [0.5, 0.6) is 0 Å². The number of benzene rings is 1. The van der Waals surface area contributed by atoms with Crippen LogP contribution in [0.15, 0.2) is 18.2 Å². The van der Waals surface area contributed by atoms with E-state index in [9.17, 15) is 4.39 Å². The van der Waals surface area contributed by atoms with Gasteiger partial charge in [-0.1, -0.05) is 17.5 Å². The quantitative estimate of drug-likeness (QED) is 0.561. The average molecular weight is 180 g/mol. The molecule has 0 amide bonds. The fraction of sp³-hybridized carbons (Fsp3) is 0. The lowest BCUT2D eigenvalue weighted by Gasteiger charge is -1.92. The van der Waals surface area contributed by atoms with Gasteiger partial charge in [-0.3, -0.25) is 0 Å². The summed E-state index contributed by atoms with van der Waals surface area (Å²) in [5, 5.41) is 8.16. The summed E-state index contributed by atoms with van der Waals surface area (Å²) in [4.78, 5) is 0. The second-order valence-corrected chi connectivity index (χ2v) is 2.40. The zero-order valence-electron chi connectivity index (χ0n) is 5.94. The molecule has 0 bridgehead atoms. The monoisotopic (exact) mass is 179 g/mol. The molecule has 0 radical (unpaired) electrons. The summed E-state index contributed by atoms with van der Waals surface area (Å²) in [6.45, 7) is 0. The van der Waals surface area contributed by atoms with Crippen LogP contribution in [0.4, 0.5) is 4.39 Å². The Labute approximate surface area is 74.4 Å². The van der Waals surface area contributed by atoms with Gasteiger partial charge in [-0.25, -0.2) is 4.39 Å². The predicted molar refractivity (Wildman–Crippen MR) is 43.9 cm³/mol. The van der Waals surface area contributed by atoms with E-state index < -0.39 is 5.82 Å². The maximum atomic E-state index is 12.7. The van der Waals surface area contributed by atoms with Crippen LogP contribution in [0.25, 0.3) is 0 Å². The molecule has 1 aromatic carbocycles. The highest BCUT2D eigenvalue weighted by atomic mass is 35.5. The number of hydrogen-bond donors (Lipinski definition) is 0. The summed E-state index contributed by atoms with van der Waals surface area (Å²) in [6.07, 6.45) is 0. The molecule has 0 spiro atoms. The molecule has 0 atom stereocenters. The molecular weight excluding hydrogens is 177 g/mol. The lowest BCUT2D eigenvalue weighted by molar-refractivity contribution is 0.628. The van der Waals surface area contributed by atoms with Crippen LogP contribution in [0.3, 0.4) is 0 Å². The van der Waals surface area contributed by atoms with Crippen molar-refractivity contribution in [2.75, 3.05) is 0 Å². The Balaban J connectivity index is 3.07. The first-order chi connectivity index (χ1) is 5.74. The van der Waals surface area contributed by atoms with Crippen LogP contribution in [0, 0.1) is 29.0 Å². The van der Waals surface area contributed by atoms with Gasteiger partial charge >= 0.3 is 0 Å². The van der Waals surface area contributed by atoms with Gasteiger partial charge in [-0.05, 0) is 18.2 Å². The highest BCUT2D eigenvalue weighted by molar-refractivity contribution is 6.30. The Morgan fingerprint density at radius 1 is 1.42 bits per heavy atom. The largest absolute Gasteiger partial charge is 0.205 e. The van der Waals surface area contributed by atoms with Gasteiger partial charge in [0, 0.05) is 11.5 Å². The lowest BCUT2D eigenvalue weighted by Crippen LogP contribution is -1.79. The molecule has 0 unspecified atom stereocenters. The van der Waals surface area contributed by atoms with Crippen molar-refractivity contribution in [3.8, 4) is 17.9 Å². The van der Waals surface area contributed by atoms with Gasteiger partial charge in [-0.2, -0.15) is 5.26 Å². The Bertz CT molecular complexity index is 395. The third kappa shape index (κ3) is 1.99. The first kappa shape index (κ1) is 8.59. The van der Waals surface area contributed by atoms with Gasteiger partial charge in [0.1, 0.15) is 5.82 Å². The van der Waals surface area contributed by atoms with Crippen molar-refractivity contribution in [3.63, 3.8) is 0 Å². The van der Waals surface area contributed by atoms with Crippen molar-refractivity contribution in [2.24, 2.45) is 0 Å². The van der Waals surface area contributed by atoms with E-state index >= 15 is 0 Å². The topological polar surface area (TPSA) is 23.8 Å². The lowest BCUT2D eigenvalue weighted by atomic mass is 10.2. The molecule has 58 valence electrons. The number of nitriles is 1. The van der Waals surface area contributed by atoms with Gasteiger partial charge < -0.3 is 0 Å². The van der Waals surface area contributed by atoms with Gasteiger partial charge in [0.25, 0.3) is 0 Å². The van der Waals surface area contributed by atoms with Gasteiger partial charge in [0.15, 0.2) is 6.07 Å². The van der Waals surface area contributed by atoms with E-state index in [0.29, 0.717) is 5.56 Å². The SMILES string of the molecule is N#CC#Cc1ccc(Cl)c(F)c1. The van der Waals surface area contributed by atoms with E-state index in [2.05, 4.69) is 11.8 Å². The Kier molecular flexibility index (Phi) is 2.69. The summed E-state index contributed by atoms with van der Waals surface area (Å²) in [7, 11) is 0. The van der Waals surface area contributed by atoms with Crippen molar-refractivity contribution in [3.05, 3.63) is 34.6 Å². The smallest absolute Gasteiger partial charge is 0.152 e. The Hall–Kier alpha value is -1.51. The second-order valence-electron chi connectivity index (χ2n) is 1.99. The molecule has 0 heterocycles. The Morgan fingerprint density at radius 2 is 2.17 bits per heavy atom. The van der Waals surface area contributed by atoms with Crippen LogP contribution in [-0.4, -0.2) is 0 Å². The minimum Gasteiger partial charge on any atom is -0.205 e. The summed E-state index contributed by atoms with van der Waals surface area (Å²) in [5.74, 6) is 4.08. The highest BCUT2D eigenvalue weighted by Gasteiger charge is 1.97. The molecule has 0 N–H and O–H groups in total. The van der Waals surface area contributed by atoms with Crippen LogP contribution >= 0.6 is 11.6 Å². The molecule has 0 fully saturated rings. The van der Waals surface area contributed by atoms with Crippen LogP contribution in [0.1, 0.15) is 5.56 Å². The van der Waals surface area contributed by atoms with E-state index in [1.165, 1.54) is 12.1 Å². The van der Waals surface area contributed by atoms with E-state index in [1.807, 2.05) is 0 Å². The van der Waals surface area contributed by atoms with Crippen molar-refractivity contribution in [1.29, 1.82) is 5.26 Å². The summed E-state index contributed by atoms with van der Waals surface area (Å²) >= 11 is 5.43. The molecule has 0 aliphatic carbocycles. The van der Waals surface area contributed by atoms with Crippen molar-refractivity contribution >= 4 is 11.6 Å². The van der Waals surface area contributed by atoms with Gasteiger partial charge in [0.05, 0.1) is 5.02 Å². The van der Waals surface area contributed by atoms with Crippen molar-refractivity contribution in [2.45, 2.75) is 0 Å². The second kappa shape index (κ2) is 3.76. The molecule has 3 heteroatoms. The number of hydrogen-bond acceptors (Lipinski definition) is 1. The molecule has 12 heavy (non-hydrogen) atoms. The van der Waals surface area contributed by atoms with E-state index in [0.717, 1.165) is 0 Å². The number of halogens is 2. The molecule has 1 rings (SSSR count). The van der Waals surface area contributed by atoms with Crippen LogP contribution in [-0.2, 0) is 0 Å². The normalized spacial score (nSPS) is 8.08. The third-order valence-corrected chi connectivity index (χ3v) is 1.49. The molecular formula is C9H3ClFN. The van der Waals surface area contributed by atoms with Crippen LogP contribution < -0.4 is 0 Å². The molecule has 1 aromatic rings. The van der Waals surface area contributed by atoms with E-state index in [-0.39, 0.29) is 5.02 Å². The Morgan fingerprint density at radius 3 is 2.75 bits per heavy atom. The molecule has 0 aliphatic heterocycles.